The van der Waals surface area contributed by atoms with Crippen LogP contribution in [0.1, 0.15) is 5.56 Å². The molecule has 0 unspecified atom stereocenters. The number of benzene rings is 1. The zero-order valence-corrected chi connectivity index (χ0v) is 7.90. The van der Waals surface area contributed by atoms with Gasteiger partial charge in [-0.25, -0.2) is 0 Å². The van der Waals surface area contributed by atoms with E-state index in [4.69, 9.17) is 0 Å². The van der Waals surface area contributed by atoms with Gasteiger partial charge in [0.2, 0.25) is 0 Å². The number of nitrogens with zero attached hydrogens (tertiary/aromatic N) is 1. The van der Waals surface area contributed by atoms with Crippen molar-refractivity contribution in [2.24, 2.45) is 7.05 Å². The van der Waals surface area contributed by atoms with E-state index in [1.165, 1.54) is 0 Å². The third-order valence-corrected chi connectivity index (χ3v) is 2.37. The molecule has 1 N–H and O–H groups in total. The normalized spacial score (nSPS) is 10.6. The van der Waals surface area contributed by atoms with Gasteiger partial charge in [-0.15, -0.1) is 0 Å². The number of carbonyl (C=O) groups excluding carboxylic acids is 1. The molecule has 3 heteroatoms. The van der Waals surface area contributed by atoms with Crippen LogP contribution in [0.4, 0.5) is 0 Å². The molecule has 0 aliphatic rings. The zero-order chi connectivity index (χ0) is 10.1. The first-order chi connectivity index (χ1) is 6.74. The Bertz CT molecular complexity index is 485. The Morgan fingerprint density at radius 1 is 1.50 bits per heavy atom. The number of aldehydes is 1. The van der Waals surface area contributed by atoms with Crippen LogP contribution in [0.2, 0.25) is 0 Å². The lowest BCUT2D eigenvalue weighted by atomic mass is 10.1. The van der Waals surface area contributed by atoms with Crippen molar-refractivity contribution in [3.05, 3.63) is 30.0 Å². The van der Waals surface area contributed by atoms with Crippen LogP contribution < -0.4 is 0 Å². The third kappa shape index (κ3) is 1.18. The van der Waals surface area contributed by atoms with Gasteiger partial charge in [-0.1, -0.05) is 12.1 Å². The molecule has 0 spiro atoms. The molecule has 0 atom stereocenters. The number of hydrogen-bond acceptors (Lipinski definition) is 2. The highest BCUT2D eigenvalue weighted by Crippen LogP contribution is 2.27. The van der Waals surface area contributed by atoms with Crippen molar-refractivity contribution >= 4 is 17.2 Å². The Hall–Kier alpha value is -1.77. The van der Waals surface area contributed by atoms with E-state index in [-0.39, 0.29) is 5.75 Å². The fourth-order valence-corrected chi connectivity index (χ4v) is 1.78. The minimum atomic E-state index is 0.252. The van der Waals surface area contributed by atoms with E-state index in [0.717, 1.165) is 22.8 Å². The highest BCUT2D eigenvalue weighted by Gasteiger charge is 2.08. The molecule has 0 aliphatic carbocycles. The summed E-state index contributed by atoms with van der Waals surface area (Å²) in [6.07, 6.45) is 3.14. The summed E-state index contributed by atoms with van der Waals surface area (Å²) in [5, 5.41) is 10.6. The number of aromatic hydroxyl groups is 1. The van der Waals surface area contributed by atoms with Crippen LogP contribution in [-0.4, -0.2) is 16.0 Å². The van der Waals surface area contributed by atoms with E-state index in [2.05, 4.69) is 0 Å². The summed E-state index contributed by atoms with van der Waals surface area (Å²) in [6.45, 7) is 0. The highest BCUT2D eigenvalue weighted by atomic mass is 16.3. The van der Waals surface area contributed by atoms with Crippen LogP contribution in [-0.2, 0) is 18.3 Å². The molecule has 72 valence electrons. The van der Waals surface area contributed by atoms with Gasteiger partial charge in [-0.05, 0) is 11.6 Å². The Kier molecular flexibility index (Phi) is 2.00. The van der Waals surface area contributed by atoms with Crippen LogP contribution in [0.3, 0.4) is 0 Å². The van der Waals surface area contributed by atoms with Gasteiger partial charge in [0.25, 0.3) is 0 Å². The van der Waals surface area contributed by atoms with Crippen molar-refractivity contribution < 1.29 is 9.90 Å². The van der Waals surface area contributed by atoms with Crippen molar-refractivity contribution in [1.29, 1.82) is 0 Å². The fraction of sp³-hybridized carbons (Fsp3) is 0.182. The second kappa shape index (κ2) is 3.18. The summed E-state index contributed by atoms with van der Waals surface area (Å²) in [4.78, 5) is 10.4. The molecule has 0 amide bonds. The van der Waals surface area contributed by atoms with Crippen LogP contribution in [0.5, 0.6) is 5.75 Å². The zero-order valence-electron chi connectivity index (χ0n) is 7.90. The maximum atomic E-state index is 10.4. The van der Waals surface area contributed by atoms with E-state index in [1.807, 2.05) is 23.9 Å². The molecule has 3 nitrogen and oxygen atoms in total. The van der Waals surface area contributed by atoms with Crippen LogP contribution in [0, 0.1) is 0 Å². The quantitative estimate of drug-likeness (QED) is 0.729. The van der Waals surface area contributed by atoms with Gasteiger partial charge >= 0.3 is 0 Å². The van der Waals surface area contributed by atoms with Crippen LogP contribution >= 0.6 is 0 Å². The second-order valence-corrected chi connectivity index (χ2v) is 3.31. The van der Waals surface area contributed by atoms with E-state index in [9.17, 15) is 9.90 Å². The number of aromatic nitrogens is 1. The van der Waals surface area contributed by atoms with Gasteiger partial charge in [-0.2, -0.15) is 0 Å². The molecular weight excluding hydrogens is 178 g/mol. The first kappa shape index (κ1) is 8.81. The molecule has 1 aromatic carbocycles. The Labute approximate surface area is 81.6 Å². The molecule has 1 aromatic heterocycles. The molecular formula is C11H11NO2. The molecule has 14 heavy (non-hydrogen) atoms. The molecule has 0 fully saturated rings. The predicted molar refractivity (Wildman–Crippen MR) is 54.4 cm³/mol. The summed E-state index contributed by atoms with van der Waals surface area (Å²) in [6, 6.07) is 5.34. The first-order valence-corrected chi connectivity index (χ1v) is 4.43. The number of phenols is 1. The summed E-state index contributed by atoms with van der Waals surface area (Å²) in [7, 11) is 1.86. The summed E-state index contributed by atoms with van der Waals surface area (Å²) < 4.78 is 1.84. The van der Waals surface area contributed by atoms with E-state index in [1.54, 1.807) is 12.1 Å². The van der Waals surface area contributed by atoms with Crippen molar-refractivity contribution in [2.45, 2.75) is 6.42 Å². The van der Waals surface area contributed by atoms with Gasteiger partial charge in [-0.3, -0.25) is 0 Å². The minimum Gasteiger partial charge on any atom is -0.506 e. The Morgan fingerprint density at radius 3 is 3.00 bits per heavy atom. The largest absolute Gasteiger partial charge is 0.506 e. The number of phenolic OH excluding ortho intramolecular Hbond substituents is 1. The van der Waals surface area contributed by atoms with Crippen molar-refractivity contribution in [1.82, 2.24) is 4.57 Å². The average Bonchev–Trinajstić information content (AvgIpc) is 2.46. The molecule has 2 rings (SSSR count). The third-order valence-electron chi connectivity index (χ3n) is 2.37. The number of rotatable bonds is 2. The number of hydrogen-bond donors (Lipinski definition) is 1. The Balaban J connectivity index is 2.77. The van der Waals surface area contributed by atoms with E-state index in [0.29, 0.717) is 6.42 Å². The molecule has 0 aliphatic heterocycles. The number of carbonyl (C=O) groups is 1. The lowest BCUT2D eigenvalue weighted by Gasteiger charge is -1.98. The van der Waals surface area contributed by atoms with Crippen molar-refractivity contribution in [3.63, 3.8) is 0 Å². The molecule has 0 saturated heterocycles. The van der Waals surface area contributed by atoms with E-state index < -0.39 is 0 Å². The molecule has 0 radical (unpaired) electrons. The monoisotopic (exact) mass is 189 g/mol. The van der Waals surface area contributed by atoms with Crippen LogP contribution in [0.25, 0.3) is 10.9 Å². The highest BCUT2D eigenvalue weighted by molar-refractivity contribution is 5.90. The SMILES string of the molecule is Cn1cc(CC=O)c2cccc(O)c21. The fourth-order valence-electron chi connectivity index (χ4n) is 1.78. The van der Waals surface area contributed by atoms with Gasteiger partial charge < -0.3 is 14.5 Å². The van der Waals surface area contributed by atoms with Crippen molar-refractivity contribution in [3.8, 4) is 5.75 Å². The maximum absolute atomic E-state index is 10.4. The predicted octanol–water partition coefficient (Wildman–Crippen LogP) is 1.63. The average molecular weight is 189 g/mol. The lowest BCUT2D eigenvalue weighted by Crippen LogP contribution is -1.84. The van der Waals surface area contributed by atoms with Crippen molar-refractivity contribution in [2.75, 3.05) is 0 Å². The summed E-state index contributed by atoms with van der Waals surface area (Å²) in [5.41, 5.74) is 1.73. The van der Waals surface area contributed by atoms with Gasteiger partial charge in [0.15, 0.2) is 0 Å². The number of fused-ring (bicyclic) bond motifs is 1. The standard InChI is InChI=1S/C11H11NO2/c1-12-7-8(5-6-13)9-3-2-4-10(14)11(9)12/h2-4,6-7,14H,5H2,1H3. The first-order valence-electron chi connectivity index (χ1n) is 4.43. The Morgan fingerprint density at radius 2 is 2.29 bits per heavy atom. The maximum Gasteiger partial charge on any atom is 0.139 e. The van der Waals surface area contributed by atoms with Crippen LogP contribution in [0.15, 0.2) is 24.4 Å². The topological polar surface area (TPSA) is 42.2 Å². The molecule has 0 saturated carbocycles. The smallest absolute Gasteiger partial charge is 0.139 e. The second-order valence-electron chi connectivity index (χ2n) is 3.31. The number of aryl methyl sites for hydroxylation is 1. The van der Waals surface area contributed by atoms with Gasteiger partial charge in [0.05, 0.1) is 5.52 Å². The lowest BCUT2D eigenvalue weighted by molar-refractivity contribution is -0.107. The molecule has 2 aromatic rings. The van der Waals surface area contributed by atoms with Gasteiger partial charge in [0, 0.05) is 25.1 Å². The summed E-state index contributed by atoms with van der Waals surface area (Å²) in [5.74, 6) is 0.252. The summed E-state index contributed by atoms with van der Waals surface area (Å²) >= 11 is 0. The van der Waals surface area contributed by atoms with E-state index >= 15 is 0 Å². The molecule has 1 heterocycles. The minimum absolute atomic E-state index is 0.252. The van der Waals surface area contributed by atoms with Gasteiger partial charge in [0.1, 0.15) is 12.0 Å². The number of para-hydroxylation sites is 1. The molecule has 0 bridgehead atoms.